The fraction of sp³-hybridized carbons (Fsp3) is 0.355. The Morgan fingerprint density at radius 3 is 2.32 bits per heavy atom. The van der Waals surface area contributed by atoms with Gasteiger partial charge in [0.05, 0.1) is 37.3 Å². The molecule has 2 heterocycles. The van der Waals surface area contributed by atoms with Crippen molar-refractivity contribution >= 4 is 11.9 Å². The van der Waals surface area contributed by atoms with Crippen LogP contribution in [0.15, 0.2) is 77.1 Å². The monoisotopic (exact) mass is 514 g/mol. The van der Waals surface area contributed by atoms with E-state index in [1.54, 1.807) is 6.92 Å². The van der Waals surface area contributed by atoms with Crippen LogP contribution in [0.3, 0.4) is 0 Å². The van der Waals surface area contributed by atoms with Crippen LogP contribution in [-0.4, -0.2) is 55.9 Å². The number of carbonyl (C=O) groups excluding carboxylic acids is 2. The van der Waals surface area contributed by atoms with Gasteiger partial charge in [-0.15, -0.1) is 6.42 Å². The zero-order chi connectivity index (χ0) is 27.3. The van der Waals surface area contributed by atoms with Gasteiger partial charge >= 0.3 is 11.9 Å². The Morgan fingerprint density at radius 1 is 1.03 bits per heavy atom. The Balaban J connectivity index is 1.70. The number of carbonyl (C=O) groups is 2. The average molecular weight is 515 g/mol. The van der Waals surface area contributed by atoms with Crippen molar-refractivity contribution in [1.82, 2.24) is 10.6 Å². The van der Waals surface area contributed by atoms with Crippen LogP contribution in [0.25, 0.3) is 0 Å². The first-order chi connectivity index (χ1) is 18.3. The first kappa shape index (κ1) is 27.2. The third-order valence-corrected chi connectivity index (χ3v) is 7.63. The second kappa shape index (κ2) is 11.7. The molecule has 198 valence electrons. The zero-order valence-corrected chi connectivity index (χ0v) is 22.5. The van der Waals surface area contributed by atoms with E-state index in [0.29, 0.717) is 32.6 Å². The van der Waals surface area contributed by atoms with E-state index in [1.165, 1.54) is 12.7 Å². The molecule has 0 saturated carbocycles. The summed E-state index contributed by atoms with van der Waals surface area (Å²) in [4.78, 5) is 27.0. The predicted octanol–water partition coefficient (Wildman–Crippen LogP) is 3.59. The maximum absolute atomic E-state index is 14.0. The average Bonchev–Trinajstić information content (AvgIpc) is 2.93. The molecule has 7 heteroatoms. The number of hydrogen-bond acceptors (Lipinski definition) is 6. The van der Waals surface area contributed by atoms with Gasteiger partial charge in [-0.25, -0.2) is 9.59 Å². The number of nitrogens with zero attached hydrogens (tertiary/aromatic N) is 1. The van der Waals surface area contributed by atoms with Crippen molar-refractivity contribution in [2.24, 2.45) is 0 Å². The number of terminal acetylenes is 1. The summed E-state index contributed by atoms with van der Waals surface area (Å²) in [6, 6.07) is 17.6. The summed E-state index contributed by atoms with van der Waals surface area (Å²) in [7, 11) is 1.34. The van der Waals surface area contributed by atoms with E-state index < -0.39 is 24.1 Å². The summed E-state index contributed by atoms with van der Waals surface area (Å²) in [6.45, 7) is 9.71. The van der Waals surface area contributed by atoms with Crippen molar-refractivity contribution < 1.29 is 23.5 Å². The maximum atomic E-state index is 14.0. The smallest absolute Gasteiger partial charge is 0.341 e. The summed E-state index contributed by atoms with van der Waals surface area (Å²) < 4.78 is 12.0. The van der Waals surface area contributed by atoms with E-state index in [9.17, 15) is 9.59 Å². The van der Waals surface area contributed by atoms with Gasteiger partial charge in [-0.3, -0.25) is 4.48 Å². The Hall–Kier alpha value is -3.86. The lowest BCUT2D eigenvalue weighted by atomic mass is 9.80. The van der Waals surface area contributed by atoms with Crippen LogP contribution in [0.1, 0.15) is 43.4 Å². The third-order valence-electron chi connectivity index (χ3n) is 7.63. The van der Waals surface area contributed by atoms with Crippen LogP contribution in [0.2, 0.25) is 0 Å². The van der Waals surface area contributed by atoms with Gasteiger partial charge in [-0.1, -0.05) is 48.4 Å². The molecular weight excluding hydrogens is 478 g/mol. The first-order valence-corrected chi connectivity index (χ1v) is 12.9. The van der Waals surface area contributed by atoms with Crippen molar-refractivity contribution in [3.63, 3.8) is 0 Å². The minimum Gasteiger partial charge on any atom is -0.466 e. The Labute approximate surface area is 225 Å². The van der Waals surface area contributed by atoms with Gasteiger partial charge in [0.1, 0.15) is 6.54 Å². The Bertz CT molecular complexity index is 1300. The quantitative estimate of drug-likeness (QED) is 0.334. The Kier molecular flexibility index (Phi) is 8.35. The summed E-state index contributed by atoms with van der Waals surface area (Å²) in [5.41, 5.74) is 4.60. The second-order valence-electron chi connectivity index (χ2n) is 9.96. The number of esters is 2. The van der Waals surface area contributed by atoms with Crippen LogP contribution in [0.4, 0.5) is 0 Å². The van der Waals surface area contributed by atoms with Crippen LogP contribution in [0, 0.1) is 12.3 Å². The summed E-state index contributed by atoms with van der Waals surface area (Å²) in [6.07, 6.45) is 5.26. The minimum absolute atomic E-state index is 0.363. The molecule has 2 unspecified atom stereocenters. The third kappa shape index (κ3) is 5.52. The molecule has 0 aliphatic carbocycles. The number of dihydropyridines is 1. The predicted molar refractivity (Wildman–Crippen MR) is 146 cm³/mol. The molecule has 0 radical (unpaired) electrons. The van der Waals surface area contributed by atoms with Crippen molar-refractivity contribution in [3.05, 3.63) is 93.8 Å². The number of benzene rings is 2. The van der Waals surface area contributed by atoms with E-state index >= 15 is 0 Å². The topological polar surface area (TPSA) is 76.7 Å². The van der Waals surface area contributed by atoms with Crippen molar-refractivity contribution in [2.75, 3.05) is 33.3 Å². The number of rotatable bonds is 7. The molecule has 1 fully saturated rings. The fourth-order valence-corrected chi connectivity index (χ4v) is 5.55. The van der Waals surface area contributed by atoms with E-state index in [0.717, 1.165) is 38.3 Å². The lowest BCUT2D eigenvalue weighted by Gasteiger charge is -2.45. The van der Waals surface area contributed by atoms with Crippen molar-refractivity contribution in [1.29, 1.82) is 0 Å². The van der Waals surface area contributed by atoms with Crippen LogP contribution >= 0.6 is 0 Å². The number of piperazine rings is 1. The number of hydrogen-bond donors (Lipinski definition) is 2. The molecule has 2 aliphatic rings. The van der Waals surface area contributed by atoms with E-state index in [-0.39, 0.29) is 0 Å². The van der Waals surface area contributed by atoms with Gasteiger partial charge in [0.2, 0.25) is 6.23 Å². The van der Waals surface area contributed by atoms with E-state index in [1.807, 2.05) is 56.3 Å². The van der Waals surface area contributed by atoms with E-state index in [2.05, 4.69) is 28.7 Å². The number of quaternary nitrogens is 1. The molecule has 2 aromatic carbocycles. The molecule has 2 aromatic rings. The maximum Gasteiger partial charge on any atom is 0.341 e. The molecule has 38 heavy (non-hydrogen) atoms. The summed E-state index contributed by atoms with van der Waals surface area (Å²) in [5.74, 6) is 0.998. The van der Waals surface area contributed by atoms with Gasteiger partial charge in [-0.2, -0.15) is 0 Å². The van der Waals surface area contributed by atoms with Gasteiger partial charge < -0.3 is 20.1 Å². The molecule has 4 rings (SSSR count). The van der Waals surface area contributed by atoms with Crippen LogP contribution in [-0.2, 0) is 25.6 Å². The Morgan fingerprint density at radius 2 is 1.68 bits per heavy atom. The van der Waals surface area contributed by atoms with Gasteiger partial charge in [0.25, 0.3) is 0 Å². The molecular formula is C31H36N3O4+. The highest BCUT2D eigenvalue weighted by molar-refractivity contribution is 5.99. The first-order valence-electron chi connectivity index (χ1n) is 12.9. The molecule has 2 aliphatic heterocycles. The standard InChI is InChI=1S/C31H35N3O4/c1-6-24-13-10-14-26(19-24)29-27(30(35)37-5)21(2)33-22(3)28(29)31(36)38-23(4)34(17-15-32-16-18-34)20-25-11-8-7-9-12-25/h1,7-14,19,23,29,32H,15-18,20H2,2-5H3/p+1. The highest BCUT2D eigenvalue weighted by atomic mass is 16.6. The lowest BCUT2D eigenvalue weighted by molar-refractivity contribution is -0.980. The molecule has 0 aromatic heterocycles. The largest absolute Gasteiger partial charge is 0.466 e. The summed E-state index contributed by atoms with van der Waals surface area (Å²) >= 11 is 0. The molecule has 2 N–H and O–H groups in total. The number of methoxy groups -OCH3 is 1. The second-order valence-corrected chi connectivity index (χ2v) is 9.96. The normalized spacial score (nSPS) is 19.7. The molecule has 7 nitrogen and oxygen atoms in total. The number of nitrogens with one attached hydrogen (secondary N) is 2. The molecule has 1 saturated heterocycles. The zero-order valence-electron chi connectivity index (χ0n) is 22.5. The molecule has 0 bridgehead atoms. The van der Waals surface area contributed by atoms with Gasteiger partial charge in [0, 0.05) is 42.5 Å². The molecule has 0 amide bonds. The minimum atomic E-state index is -0.678. The van der Waals surface area contributed by atoms with Crippen LogP contribution in [0.5, 0.6) is 0 Å². The van der Waals surface area contributed by atoms with Gasteiger partial charge in [-0.05, 0) is 31.5 Å². The summed E-state index contributed by atoms with van der Waals surface area (Å²) in [5, 5.41) is 6.63. The highest BCUT2D eigenvalue weighted by Crippen LogP contribution is 2.40. The van der Waals surface area contributed by atoms with Gasteiger partial charge in [0.15, 0.2) is 0 Å². The fourth-order valence-electron chi connectivity index (χ4n) is 5.55. The van der Waals surface area contributed by atoms with Crippen molar-refractivity contribution in [2.45, 2.75) is 39.5 Å². The number of allylic oxidation sites excluding steroid dienone is 2. The molecule has 2 atom stereocenters. The van der Waals surface area contributed by atoms with Crippen molar-refractivity contribution in [3.8, 4) is 12.3 Å². The molecule has 0 spiro atoms. The van der Waals surface area contributed by atoms with Crippen LogP contribution < -0.4 is 10.6 Å². The van der Waals surface area contributed by atoms with E-state index in [4.69, 9.17) is 15.9 Å². The highest BCUT2D eigenvalue weighted by Gasteiger charge is 2.42. The number of ether oxygens (including phenoxy) is 2. The SMILES string of the molecule is C#Cc1cccc(C2C(C(=O)OC)=C(C)NC(C)=C2C(=O)OC(C)[N+]2(Cc3ccccc3)CCNCC2)c1. The lowest BCUT2D eigenvalue weighted by Crippen LogP contribution is -2.63.